The minimum absolute atomic E-state index is 0.00319. The van der Waals surface area contributed by atoms with E-state index >= 15 is 0 Å². The van der Waals surface area contributed by atoms with Gasteiger partial charge in [-0.1, -0.05) is 60.7 Å². The molecule has 0 radical (unpaired) electrons. The van der Waals surface area contributed by atoms with Gasteiger partial charge in [0.2, 0.25) is 0 Å². The van der Waals surface area contributed by atoms with E-state index in [1.807, 2.05) is 6.07 Å². The number of carbonyl (C=O) groups excluding carboxylic acids is 4. The summed E-state index contributed by atoms with van der Waals surface area (Å²) in [5.41, 5.74) is 1.78. The van der Waals surface area contributed by atoms with Crippen molar-refractivity contribution in [2.24, 2.45) is 0 Å². The van der Waals surface area contributed by atoms with Gasteiger partial charge >= 0.3 is 5.97 Å². The fourth-order valence-corrected chi connectivity index (χ4v) is 3.65. The Hall–Kier alpha value is -4.26. The van der Waals surface area contributed by atoms with E-state index in [1.165, 1.54) is 0 Å². The predicted molar refractivity (Wildman–Crippen MR) is 120 cm³/mol. The Labute approximate surface area is 191 Å². The molecule has 1 aliphatic rings. The highest BCUT2D eigenvalue weighted by molar-refractivity contribution is 6.21. The number of hydrogen-bond donors (Lipinski definition) is 1. The molecule has 3 aromatic rings. The van der Waals surface area contributed by atoms with Gasteiger partial charge in [-0.2, -0.15) is 0 Å². The maximum Gasteiger partial charge on any atom is 0.333 e. The summed E-state index contributed by atoms with van der Waals surface area (Å²) in [6.45, 7) is 0.128. The summed E-state index contributed by atoms with van der Waals surface area (Å²) < 4.78 is 5.40. The zero-order valence-corrected chi connectivity index (χ0v) is 17.8. The second kappa shape index (κ2) is 9.91. The first-order valence-electron chi connectivity index (χ1n) is 10.6. The average molecular weight is 442 g/mol. The van der Waals surface area contributed by atoms with E-state index in [0.717, 1.165) is 4.90 Å². The van der Waals surface area contributed by atoms with Crippen molar-refractivity contribution < 1.29 is 23.9 Å². The van der Waals surface area contributed by atoms with Crippen molar-refractivity contribution in [2.45, 2.75) is 12.5 Å². The number of imide groups is 1. The van der Waals surface area contributed by atoms with Crippen LogP contribution in [-0.2, 0) is 9.53 Å². The van der Waals surface area contributed by atoms with Crippen LogP contribution in [0.15, 0.2) is 84.9 Å². The number of carbonyl (C=O) groups is 4. The highest BCUT2D eigenvalue weighted by Gasteiger charge is 2.34. The summed E-state index contributed by atoms with van der Waals surface area (Å²) >= 11 is 0. The van der Waals surface area contributed by atoms with Crippen molar-refractivity contribution in [3.63, 3.8) is 0 Å². The number of hydrogen-bond acceptors (Lipinski definition) is 5. The fraction of sp³-hybridized carbons (Fsp3) is 0.154. The minimum Gasteiger partial charge on any atom is -0.464 e. The molecule has 0 saturated carbocycles. The molecule has 166 valence electrons. The van der Waals surface area contributed by atoms with Crippen LogP contribution in [0.1, 0.15) is 49.1 Å². The van der Waals surface area contributed by atoms with Gasteiger partial charge in [0.05, 0.1) is 17.7 Å². The first kappa shape index (κ1) is 22.0. The quantitative estimate of drug-likeness (QED) is 0.328. The Kier molecular flexibility index (Phi) is 6.59. The molecule has 0 aliphatic carbocycles. The molecular formula is C26H22N2O5. The van der Waals surface area contributed by atoms with E-state index in [1.54, 1.807) is 78.9 Å². The molecule has 1 heterocycles. The van der Waals surface area contributed by atoms with Crippen LogP contribution in [0.25, 0.3) is 0 Å². The lowest BCUT2D eigenvalue weighted by Gasteiger charge is -2.19. The number of nitrogens with zero attached hydrogens (tertiary/aromatic N) is 1. The van der Waals surface area contributed by atoms with Crippen molar-refractivity contribution >= 4 is 23.7 Å². The first-order chi connectivity index (χ1) is 16.1. The highest BCUT2D eigenvalue weighted by Crippen LogP contribution is 2.22. The van der Waals surface area contributed by atoms with Gasteiger partial charge in [-0.3, -0.25) is 19.3 Å². The third-order valence-corrected chi connectivity index (χ3v) is 5.33. The lowest BCUT2D eigenvalue weighted by molar-refractivity contribution is -0.146. The van der Waals surface area contributed by atoms with Crippen molar-refractivity contribution in [3.05, 3.63) is 107 Å². The Morgan fingerprint density at radius 3 is 1.94 bits per heavy atom. The molecule has 4 rings (SSSR count). The summed E-state index contributed by atoms with van der Waals surface area (Å²) in [5, 5.41) is 2.73. The second-order valence-electron chi connectivity index (χ2n) is 7.51. The van der Waals surface area contributed by atoms with E-state index in [-0.39, 0.29) is 31.4 Å². The van der Waals surface area contributed by atoms with Gasteiger partial charge in [0.15, 0.2) is 6.04 Å². The van der Waals surface area contributed by atoms with E-state index in [4.69, 9.17) is 4.74 Å². The van der Waals surface area contributed by atoms with Crippen molar-refractivity contribution in [1.29, 1.82) is 0 Å². The molecule has 1 N–H and O–H groups in total. The van der Waals surface area contributed by atoms with E-state index in [0.29, 0.717) is 22.3 Å². The molecule has 7 nitrogen and oxygen atoms in total. The Morgan fingerprint density at radius 2 is 1.33 bits per heavy atom. The molecule has 1 atom stereocenters. The van der Waals surface area contributed by atoms with Crippen LogP contribution in [0.2, 0.25) is 0 Å². The van der Waals surface area contributed by atoms with Gasteiger partial charge in [-0.05, 0) is 36.2 Å². The van der Waals surface area contributed by atoms with Gasteiger partial charge in [-0.25, -0.2) is 4.79 Å². The third-order valence-electron chi connectivity index (χ3n) is 5.33. The van der Waals surface area contributed by atoms with Crippen molar-refractivity contribution in [1.82, 2.24) is 10.2 Å². The summed E-state index contributed by atoms with van der Waals surface area (Å²) in [6, 6.07) is 23.1. The number of amides is 3. The zero-order valence-electron chi connectivity index (χ0n) is 17.8. The average Bonchev–Trinajstić information content (AvgIpc) is 3.10. The smallest absolute Gasteiger partial charge is 0.333 e. The highest BCUT2D eigenvalue weighted by atomic mass is 16.5. The molecule has 33 heavy (non-hydrogen) atoms. The van der Waals surface area contributed by atoms with Gasteiger partial charge in [-0.15, -0.1) is 0 Å². The molecule has 3 aromatic carbocycles. The number of rotatable bonds is 8. The Morgan fingerprint density at radius 1 is 0.788 bits per heavy atom. The van der Waals surface area contributed by atoms with E-state index < -0.39 is 17.9 Å². The van der Waals surface area contributed by atoms with Gasteiger partial charge in [0, 0.05) is 12.1 Å². The SMILES string of the molecule is O=C(NC(C(=O)OCCCN1C(=O)c2ccccc2C1=O)c1ccccc1)c1ccccc1. The monoisotopic (exact) mass is 442 g/mol. The molecule has 1 aliphatic heterocycles. The van der Waals surface area contributed by atoms with Crippen molar-refractivity contribution in [3.8, 4) is 0 Å². The maximum absolute atomic E-state index is 12.8. The van der Waals surface area contributed by atoms with Crippen LogP contribution in [0, 0.1) is 0 Å². The lowest BCUT2D eigenvalue weighted by atomic mass is 10.1. The second-order valence-corrected chi connectivity index (χ2v) is 7.51. The van der Waals surface area contributed by atoms with Gasteiger partial charge in [0.1, 0.15) is 0 Å². The summed E-state index contributed by atoms with van der Waals surface area (Å²) in [7, 11) is 0. The van der Waals surface area contributed by atoms with Gasteiger partial charge < -0.3 is 10.1 Å². The zero-order chi connectivity index (χ0) is 23.2. The summed E-state index contributed by atoms with van der Waals surface area (Å²) in [6.07, 6.45) is 0.283. The molecular weight excluding hydrogens is 420 g/mol. The van der Waals surface area contributed by atoms with Crippen LogP contribution in [0.4, 0.5) is 0 Å². The minimum atomic E-state index is -0.988. The van der Waals surface area contributed by atoms with Gasteiger partial charge in [0.25, 0.3) is 17.7 Å². The normalized spacial score (nSPS) is 13.4. The fourth-order valence-electron chi connectivity index (χ4n) is 3.65. The summed E-state index contributed by atoms with van der Waals surface area (Å²) in [4.78, 5) is 51.5. The van der Waals surface area contributed by atoms with Crippen LogP contribution >= 0.6 is 0 Å². The first-order valence-corrected chi connectivity index (χ1v) is 10.6. The molecule has 1 unspecified atom stereocenters. The molecule has 0 saturated heterocycles. The topological polar surface area (TPSA) is 92.8 Å². The van der Waals surface area contributed by atoms with Crippen LogP contribution in [-0.4, -0.2) is 41.7 Å². The Bertz CT molecular complexity index is 1140. The molecule has 0 bridgehead atoms. The maximum atomic E-state index is 12.8. The lowest BCUT2D eigenvalue weighted by Crippen LogP contribution is -2.35. The van der Waals surface area contributed by atoms with Crippen molar-refractivity contribution in [2.75, 3.05) is 13.2 Å². The predicted octanol–water partition coefficient (Wildman–Crippen LogP) is 3.39. The number of fused-ring (bicyclic) bond motifs is 1. The number of benzene rings is 3. The van der Waals surface area contributed by atoms with E-state index in [2.05, 4.69) is 5.32 Å². The summed E-state index contributed by atoms with van der Waals surface area (Å²) in [5.74, 6) is -1.71. The standard InChI is InChI=1S/C26H22N2O5/c29-23(19-12-5-2-6-13-19)27-22(18-10-3-1-4-11-18)26(32)33-17-9-16-28-24(30)20-14-7-8-15-21(20)25(28)31/h1-8,10-15,22H,9,16-17H2,(H,27,29). The van der Waals surface area contributed by atoms with Crippen LogP contribution in [0.3, 0.4) is 0 Å². The van der Waals surface area contributed by atoms with Crippen LogP contribution in [0.5, 0.6) is 0 Å². The number of esters is 1. The Balaban J connectivity index is 1.36. The number of nitrogens with one attached hydrogen (secondary N) is 1. The number of ether oxygens (including phenoxy) is 1. The largest absolute Gasteiger partial charge is 0.464 e. The molecule has 0 aromatic heterocycles. The third kappa shape index (κ3) is 4.82. The molecule has 3 amide bonds. The van der Waals surface area contributed by atoms with Crippen LogP contribution < -0.4 is 5.32 Å². The molecule has 7 heteroatoms. The molecule has 0 spiro atoms. The van der Waals surface area contributed by atoms with E-state index in [9.17, 15) is 19.2 Å². The molecule has 0 fully saturated rings.